The molecule has 2 saturated heterocycles. The van der Waals surface area contributed by atoms with E-state index in [2.05, 4.69) is 70.6 Å². The van der Waals surface area contributed by atoms with Gasteiger partial charge in [-0.25, -0.2) is 0 Å². The van der Waals surface area contributed by atoms with Crippen LogP contribution in [0, 0.1) is 0 Å². The van der Waals surface area contributed by atoms with Crippen LogP contribution in [-0.2, 0) is 6.54 Å². The van der Waals surface area contributed by atoms with Gasteiger partial charge in [0.2, 0.25) is 0 Å². The van der Waals surface area contributed by atoms with E-state index in [4.69, 9.17) is 4.74 Å². The van der Waals surface area contributed by atoms with Crippen LogP contribution in [0.2, 0.25) is 0 Å². The molecule has 0 aliphatic carbocycles. The standard InChI is InChI=1S/C26H37N3O/c1-21(29-14-3-4-15-29)19-27-25-7-5-6-22(18-25)20-28-16-12-24(13-17-28)23-8-10-26(30-2)11-9-23/h5-11,18,21,24,27H,3-4,12-17,19-20H2,1-2H3. The predicted octanol–water partition coefficient (Wildman–Crippen LogP) is 4.97. The zero-order valence-corrected chi connectivity index (χ0v) is 18.6. The summed E-state index contributed by atoms with van der Waals surface area (Å²) in [7, 11) is 1.73. The molecule has 4 nitrogen and oxygen atoms in total. The summed E-state index contributed by atoms with van der Waals surface area (Å²) < 4.78 is 5.29. The third-order valence-electron chi connectivity index (χ3n) is 6.87. The molecule has 2 heterocycles. The van der Waals surface area contributed by atoms with Crippen LogP contribution in [0.4, 0.5) is 5.69 Å². The van der Waals surface area contributed by atoms with Gasteiger partial charge < -0.3 is 10.1 Å². The Kier molecular flexibility index (Phi) is 7.29. The number of methoxy groups -OCH3 is 1. The van der Waals surface area contributed by atoms with Crippen molar-refractivity contribution in [1.29, 1.82) is 0 Å². The smallest absolute Gasteiger partial charge is 0.118 e. The van der Waals surface area contributed by atoms with Crippen molar-refractivity contribution in [3.63, 3.8) is 0 Å². The average molecular weight is 408 g/mol. The number of ether oxygens (including phenoxy) is 1. The van der Waals surface area contributed by atoms with Crippen LogP contribution in [-0.4, -0.2) is 55.7 Å². The molecule has 0 bridgehead atoms. The van der Waals surface area contributed by atoms with Gasteiger partial charge >= 0.3 is 0 Å². The second-order valence-corrected chi connectivity index (χ2v) is 9.00. The minimum absolute atomic E-state index is 0.605. The molecular formula is C26H37N3O. The maximum atomic E-state index is 5.29. The molecule has 30 heavy (non-hydrogen) atoms. The van der Waals surface area contributed by atoms with Gasteiger partial charge in [-0.15, -0.1) is 0 Å². The molecule has 2 aliphatic rings. The van der Waals surface area contributed by atoms with Crippen LogP contribution in [0.1, 0.15) is 49.7 Å². The molecule has 1 atom stereocenters. The van der Waals surface area contributed by atoms with Crippen molar-refractivity contribution in [3.8, 4) is 5.75 Å². The third-order valence-corrected chi connectivity index (χ3v) is 6.87. The highest BCUT2D eigenvalue weighted by atomic mass is 16.5. The largest absolute Gasteiger partial charge is 0.497 e. The van der Waals surface area contributed by atoms with Gasteiger partial charge in [-0.05, 0) is 100 Å². The first-order valence-corrected chi connectivity index (χ1v) is 11.6. The first-order chi connectivity index (χ1) is 14.7. The van der Waals surface area contributed by atoms with Crippen molar-refractivity contribution in [3.05, 3.63) is 59.7 Å². The van der Waals surface area contributed by atoms with E-state index in [0.29, 0.717) is 12.0 Å². The summed E-state index contributed by atoms with van der Waals surface area (Å²) >= 11 is 0. The number of likely N-dealkylation sites (tertiary alicyclic amines) is 2. The van der Waals surface area contributed by atoms with Gasteiger partial charge in [0.05, 0.1) is 7.11 Å². The lowest BCUT2D eigenvalue weighted by Gasteiger charge is -2.32. The molecule has 2 aromatic carbocycles. The van der Waals surface area contributed by atoms with E-state index in [-0.39, 0.29) is 0 Å². The maximum absolute atomic E-state index is 5.29. The lowest BCUT2D eigenvalue weighted by molar-refractivity contribution is 0.204. The van der Waals surface area contributed by atoms with Gasteiger partial charge in [-0.1, -0.05) is 24.3 Å². The third kappa shape index (κ3) is 5.55. The molecule has 0 amide bonds. The van der Waals surface area contributed by atoms with Crippen molar-refractivity contribution in [2.24, 2.45) is 0 Å². The Balaban J connectivity index is 1.25. The fraction of sp³-hybridized carbons (Fsp3) is 0.538. The molecule has 0 spiro atoms. The molecule has 2 fully saturated rings. The Morgan fingerprint density at radius 3 is 2.43 bits per heavy atom. The van der Waals surface area contributed by atoms with Gasteiger partial charge in [0, 0.05) is 24.8 Å². The number of nitrogens with zero attached hydrogens (tertiary/aromatic N) is 2. The molecule has 0 radical (unpaired) electrons. The Bertz CT molecular complexity index is 777. The SMILES string of the molecule is COc1ccc(C2CCN(Cc3cccc(NCC(C)N4CCCC4)c3)CC2)cc1. The summed E-state index contributed by atoms with van der Waals surface area (Å²) in [5, 5.41) is 3.67. The number of nitrogens with one attached hydrogen (secondary N) is 1. The van der Waals surface area contributed by atoms with Crippen LogP contribution >= 0.6 is 0 Å². The van der Waals surface area contributed by atoms with Gasteiger partial charge in [-0.2, -0.15) is 0 Å². The number of rotatable bonds is 8. The zero-order chi connectivity index (χ0) is 20.8. The van der Waals surface area contributed by atoms with Crippen LogP contribution in [0.15, 0.2) is 48.5 Å². The summed E-state index contributed by atoms with van der Waals surface area (Å²) in [5.41, 5.74) is 4.12. The molecule has 162 valence electrons. The minimum atomic E-state index is 0.605. The predicted molar refractivity (Wildman–Crippen MR) is 125 cm³/mol. The normalized spacial score (nSPS) is 19.7. The Hall–Kier alpha value is -2.04. The van der Waals surface area contributed by atoms with Crippen molar-refractivity contribution in [2.45, 2.75) is 51.1 Å². The molecule has 2 aliphatic heterocycles. The first kappa shape index (κ1) is 21.2. The van der Waals surface area contributed by atoms with Crippen LogP contribution in [0.3, 0.4) is 0 Å². The number of anilines is 1. The van der Waals surface area contributed by atoms with E-state index >= 15 is 0 Å². The Labute approximate surface area is 182 Å². The topological polar surface area (TPSA) is 27.7 Å². The zero-order valence-electron chi connectivity index (χ0n) is 18.6. The number of piperidine rings is 1. The molecule has 4 heteroatoms. The fourth-order valence-electron chi connectivity index (χ4n) is 4.92. The molecule has 0 aromatic heterocycles. The second-order valence-electron chi connectivity index (χ2n) is 9.00. The lowest BCUT2D eigenvalue weighted by Crippen LogP contribution is -2.35. The van der Waals surface area contributed by atoms with E-state index in [1.165, 1.54) is 68.7 Å². The minimum Gasteiger partial charge on any atom is -0.497 e. The molecule has 1 N–H and O–H groups in total. The Morgan fingerprint density at radius 2 is 1.73 bits per heavy atom. The average Bonchev–Trinajstić information content (AvgIpc) is 3.34. The highest BCUT2D eigenvalue weighted by Crippen LogP contribution is 2.30. The Morgan fingerprint density at radius 1 is 1.00 bits per heavy atom. The summed E-state index contributed by atoms with van der Waals surface area (Å²) in [5.74, 6) is 1.62. The number of benzene rings is 2. The van der Waals surface area contributed by atoms with Crippen molar-refractivity contribution >= 4 is 5.69 Å². The van der Waals surface area contributed by atoms with Gasteiger partial charge in [0.15, 0.2) is 0 Å². The highest BCUT2D eigenvalue weighted by Gasteiger charge is 2.21. The summed E-state index contributed by atoms with van der Waals surface area (Å²) in [6.45, 7) is 9.27. The van der Waals surface area contributed by atoms with E-state index in [9.17, 15) is 0 Å². The molecule has 1 unspecified atom stereocenters. The number of hydrogen-bond donors (Lipinski definition) is 1. The fourth-order valence-corrected chi connectivity index (χ4v) is 4.92. The summed E-state index contributed by atoms with van der Waals surface area (Å²) in [6, 6.07) is 18.3. The summed E-state index contributed by atoms with van der Waals surface area (Å²) in [6.07, 6.45) is 5.18. The van der Waals surface area contributed by atoms with Crippen molar-refractivity contribution in [2.75, 3.05) is 45.2 Å². The molecule has 2 aromatic rings. The van der Waals surface area contributed by atoms with Gasteiger partial charge in [0.1, 0.15) is 5.75 Å². The van der Waals surface area contributed by atoms with E-state index in [1.807, 2.05) is 0 Å². The van der Waals surface area contributed by atoms with E-state index < -0.39 is 0 Å². The number of hydrogen-bond acceptors (Lipinski definition) is 4. The van der Waals surface area contributed by atoms with Gasteiger partial charge in [-0.3, -0.25) is 9.80 Å². The molecule has 4 rings (SSSR count). The quantitative estimate of drug-likeness (QED) is 0.669. The van der Waals surface area contributed by atoms with Crippen LogP contribution < -0.4 is 10.1 Å². The van der Waals surface area contributed by atoms with Crippen molar-refractivity contribution in [1.82, 2.24) is 9.80 Å². The highest BCUT2D eigenvalue weighted by molar-refractivity contribution is 5.46. The van der Waals surface area contributed by atoms with Crippen molar-refractivity contribution < 1.29 is 4.74 Å². The van der Waals surface area contributed by atoms with Crippen LogP contribution in [0.5, 0.6) is 5.75 Å². The molecule has 0 saturated carbocycles. The monoisotopic (exact) mass is 407 g/mol. The molecular weight excluding hydrogens is 370 g/mol. The maximum Gasteiger partial charge on any atom is 0.118 e. The lowest BCUT2D eigenvalue weighted by atomic mass is 9.89. The van der Waals surface area contributed by atoms with Crippen LogP contribution in [0.25, 0.3) is 0 Å². The van der Waals surface area contributed by atoms with E-state index in [0.717, 1.165) is 18.8 Å². The summed E-state index contributed by atoms with van der Waals surface area (Å²) in [4.78, 5) is 5.20. The second kappa shape index (κ2) is 10.3. The first-order valence-electron chi connectivity index (χ1n) is 11.6. The van der Waals surface area contributed by atoms with Gasteiger partial charge in [0.25, 0.3) is 0 Å². The van der Waals surface area contributed by atoms with E-state index in [1.54, 1.807) is 7.11 Å².